The normalized spacial score (nSPS) is 22.1. The lowest BCUT2D eigenvalue weighted by Gasteiger charge is -2.33. The molecule has 0 bridgehead atoms. The van der Waals surface area contributed by atoms with Crippen molar-refractivity contribution >= 4 is 28.8 Å². The van der Waals surface area contributed by atoms with E-state index in [1.807, 2.05) is 45.8 Å². The Balaban J connectivity index is 1.28. The molecule has 14 heteroatoms. The van der Waals surface area contributed by atoms with Crippen LogP contribution in [0.1, 0.15) is 94.9 Å². The number of carbonyl (C=O) groups is 1. The molecule has 3 aromatic rings. The molecule has 0 saturated carbocycles. The van der Waals surface area contributed by atoms with E-state index in [1.165, 1.54) is 0 Å². The summed E-state index contributed by atoms with van der Waals surface area (Å²) in [5.41, 5.74) is 0.872. The highest BCUT2D eigenvalue weighted by atomic mass is 32.1. The van der Waals surface area contributed by atoms with Crippen LogP contribution in [0.4, 0.5) is 9.80 Å². The minimum atomic E-state index is -0.580. The summed E-state index contributed by atoms with van der Waals surface area (Å²) in [5, 5.41) is 15.5. The molecule has 0 aromatic carbocycles. The predicted octanol–water partition coefficient (Wildman–Crippen LogP) is 6.57. The zero-order valence-corrected chi connectivity index (χ0v) is 31.9. The van der Waals surface area contributed by atoms with Gasteiger partial charge >= 0.3 is 6.09 Å². The van der Waals surface area contributed by atoms with E-state index in [-0.39, 0.29) is 24.3 Å². The van der Waals surface area contributed by atoms with Crippen LogP contribution in [0.2, 0.25) is 0 Å². The monoisotopic (exact) mass is 718 g/mol. The average molecular weight is 719 g/mol. The van der Waals surface area contributed by atoms with Crippen molar-refractivity contribution in [3.05, 3.63) is 33.9 Å². The standard InChI is InChI=1S/C37H50N8O5S/c1-23(27-11-10-16-44(27)8)47-30-20-31(48-24-13-17-45(18-14-24)35(46)49-36(2,3)4)41-33(40-30)26-19-29(50-42-26)37(5)15-9-12-28-32(37)25(21-38)34(51-28)39-22-43(6)7/h19-20,22-24,27H,9-18H2,1-8H3/b39-22+/t23-,27-,37+/m0/s1. The fourth-order valence-electron chi connectivity index (χ4n) is 7.29. The van der Waals surface area contributed by atoms with Crippen molar-refractivity contribution in [3.8, 4) is 29.3 Å². The Morgan fingerprint density at radius 3 is 2.59 bits per heavy atom. The van der Waals surface area contributed by atoms with Gasteiger partial charge in [0, 0.05) is 57.0 Å². The number of hydrogen-bond donors (Lipinski definition) is 0. The average Bonchev–Trinajstić information content (AvgIpc) is 3.82. The number of aromatic nitrogens is 3. The van der Waals surface area contributed by atoms with E-state index < -0.39 is 11.0 Å². The van der Waals surface area contributed by atoms with Gasteiger partial charge < -0.3 is 28.5 Å². The van der Waals surface area contributed by atoms with E-state index >= 15 is 0 Å². The summed E-state index contributed by atoms with van der Waals surface area (Å²) in [7, 11) is 5.94. The number of likely N-dealkylation sites (tertiary alicyclic amines) is 2. The maximum Gasteiger partial charge on any atom is 0.410 e. The second-order valence-electron chi connectivity index (χ2n) is 15.3. The molecule has 0 spiro atoms. The summed E-state index contributed by atoms with van der Waals surface area (Å²) in [6.45, 7) is 11.9. The topological polar surface area (TPSA) is 142 Å². The number of piperidine rings is 1. The van der Waals surface area contributed by atoms with Crippen molar-refractivity contribution in [3.63, 3.8) is 0 Å². The fourth-order valence-corrected chi connectivity index (χ4v) is 8.55. The number of ether oxygens (including phenoxy) is 3. The first-order chi connectivity index (χ1) is 24.2. The second-order valence-corrected chi connectivity index (χ2v) is 16.4. The molecule has 0 unspecified atom stereocenters. The van der Waals surface area contributed by atoms with Crippen LogP contribution in [0.25, 0.3) is 11.5 Å². The van der Waals surface area contributed by atoms with Crippen molar-refractivity contribution in [2.24, 2.45) is 4.99 Å². The Morgan fingerprint density at radius 1 is 1.18 bits per heavy atom. The minimum Gasteiger partial charge on any atom is -0.474 e. The largest absolute Gasteiger partial charge is 0.474 e. The first-order valence-electron chi connectivity index (χ1n) is 17.9. The zero-order chi connectivity index (χ0) is 36.5. The molecule has 5 heterocycles. The Hall–Kier alpha value is -4.22. The van der Waals surface area contributed by atoms with Gasteiger partial charge in [-0.25, -0.2) is 9.79 Å². The van der Waals surface area contributed by atoms with Crippen LogP contribution < -0.4 is 9.47 Å². The van der Waals surface area contributed by atoms with Gasteiger partial charge in [-0.15, -0.1) is 11.3 Å². The lowest BCUT2D eigenvalue weighted by Crippen LogP contribution is -2.44. The summed E-state index contributed by atoms with van der Waals surface area (Å²) in [5.74, 6) is 1.75. The summed E-state index contributed by atoms with van der Waals surface area (Å²) in [6, 6.07) is 6.33. The van der Waals surface area contributed by atoms with Gasteiger partial charge in [-0.1, -0.05) is 5.16 Å². The third-order valence-electron chi connectivity index (χ3n) is 9.88. The SMILES string of the molecule is C[C@H](Oc1cc(OC2CCN(C(=O)OC(C)(C)C)CC2)nc(-c2cc([C@@]3(C)CCCc4sc(/N=C/N(C)C)c(C#N)c43)on2)n1)[C@@H]1CCCN1C. The summed E-state index contributed by atoms with van der Waals surface area (Å²) < 4.78 is 24.6. The first-order valence-corrected chi connectivity index (χ1v) is 18.7. The molecule has 1 amide bonds. The summed E-state index contributed by atoms with van der Waals surface area (Å²) in [4.78, 5) is 33.9. The van der Waals surface area contributed by atoms with Gasteiger partial charge in [-0.3, -0.25) is 4.90 Å². The van der Waals surface area contributed by atoms with Crippen LogP contribution >= 0.6 is 11.3 Å². The van der Waals surface area contributed by atoms with Crippen LogP contribution in [0, 0.1) is 11.3 Å². The van der Waals surface area contributed by atoms with E-state index in [9.17, 15) is 10.1 Å². The number of aryl methyl sites for hydroxylation is 1. The number of hydrogen-bond acceptors (Lipinski definition) is 12. The predicted molar refractivity (Wildman–Crippen MR) is 195 cm³/mol. The summed E-state index contributed by atoms with van der Waals surface area (Å²) >= 11 is 1.57. The molecule has 51 heavy (non-hydrogen) atoms. The molecular weight excluding hydrogens is 669 g/mol. The van der Waals surface area contributed by atoms with E-state index in [0.29, 0.717) is 65.5 Å². The van der Waals surface area contributed by atoms with E-state index in [4.69, 9.17) is 28.7 Å². The van der Waals surface area contributed by atoms with Crippen molar-refractivity contribution in [1.29, 1.82) is 5.26 Å². The van der Waals surface area contributed by atoms with E-state index in [1.54, 1.807) is 28.6 Å². The van der Waals surface area contributed by atoms with Crippen LogP contribution in [-0.2, 0) is 16.6 Å². The third-order valence-corrected chi connectivity index (χ3v) is 11.0. The zero-order valence-electron chi connectivity index (χ0n) is 31.1. The second kappa shape index (κ2) is 14.8. The Labute approximate surface area is 304 Å². The van der Waals surface area contributed by atoms with Gasteiger partial charge in [0.25, 0.3) is 0 Å². The molecule has 1 aliphatic carbocycles. The number of carbonyl (C=O) groups excluding carboxylic acids is 1. The molecule has 0 radical (unpaired) electrons. The number of nitrogens with zero attached hydrogens (tertiary/aromatic N) is 8. The fraction of sp³-hybridized carbons (Fsp3) is 0.622. The van der Waals surface area contributed by atoms with Gasteiger partial charge in [0.05, 0.1) is 23.4 Å². The molecule has 3 aliphatic rings. The number of thiophene rings is 1. The van der Waals surface area contributed by atoms with Gasteiger partial charge in [-0.2, -0.15) is 15.2 Å². The highest BCUT2D eigenvalue weighted by molar-refractivity contribution is 7.16. The number of nitriles is 1. The quantitative estimate of drug-likeness (QED) is 0.175. The van der Waals surface area contributed by atoms with Gasteiger partial charge in [0.1, 0.15) is 34.6 Å². The molecule has 2 saturated heterocycles. The highest BCUT2D eigenvalue weighted by Crippen LogP contribution is 2.50. The number of fused-ring (bicyclic) bond motifs is 1. The number of amides is 1. The van der Waals surface area contributed by atoms with Crippen LogP contribution in [0.15, 0.2) is 21.6 Å². The van der Waals surface area contributed by atoms with E-state index in [2.05, 4.69) is 42.0 Å². The molecule has 0 N–H and O–H groups in total. The lowest BCUT2D eigenvalue weighted by atomic mass is 9.71. The van der Waals surface area contributed by atoms with Crippen LogP contribution in [-0.4, -0.2) is 107 Å². The smallest absolute Gasteiger partial charge is 0.410 e. The van der Waals surface area contributed by atoms with Crippen molar-refractivity contribution in [2.75, 3.05) is 40.8 Å². The molecule has 274 valence electrons. The van der Waals surface area contributed by atoms with Gasteiger partial charge in [0.15, 0.2) is 11.5 Å². The third kappa shape index (κ3) is 8.15. The molecular formula is C37H50N8O5S. The highest BCUT2D eigenvalue weighted by Gasteiger charge is 2.42. The minimum absolute atomic E-state index is 0.107. The Morgan fingerprint density at radius 2 is 1.92 bits per heavy atom. The molecule has 13 nitrogen and oxygen atoms in total. The maximum atomic E-state index is 12.6. The van der Waals surface area contributed by atoms with Crippen molar-refractivity contribution < 1.29 is 23.5 Å². The lowest BCUT2D eigenvalue weighted by molar-refractivity contribution is 0.0123. The molecule has 3 aromatic heterocycles. The Bertz CT molecular complexity index is 1780. The van der Waals surface area contributed by atoms with Gasteiger partial charge in [0.2, 0.25) is 11.8 Å². The molecule has 2 fully saturated rings. The Kier molecular flexibility index (Phi) is 10.6. The maximum absolute atomic E-state index is 12.6. The summed E-state index contributed by atoms with van der Waals surface area (Å²) in [6.07, 6.45) is 7.23. The van der Waals surface area contributed by atoms with Gasteiger partial charge in [-0.05, 0) is 85.9 Å². The number of aliphatic imine (C=N–C) groups is 1. The van der Waals surface area contributed by atoms with Crippen LogP contribution in [0.3, 0.4) is 0 Å². The first kappa shape index (κ1) is 36.6. The van der Waals surface area contributed by atoms with Crippen LogP contribution in [0.5, 0.6) is 11.8 Å². The molecule has 3 atom stereocenters. The van der Waals surface area contributed by atoms with Crippen molar-refractivity contribution in [1.82, 2.24) is 29.8 Å². The van der Waals surface area contributed by atoms with E-state index in [0.717, 1.165) is 49.1 Å². The number of likely N-dealkylation sites (N-methyl/N-ethyl adjacent to an activating group) is 1. The molecule has 6 rings (SSSR count). The molecule has 2 aliphatic heterocycles. The van der Waals surface area contributed by atoms with Crippen molar-refractivity contribution in [2.45, 2.75) is 109 Å². The number of rotatable bonds is 9.